The van der Waals surface area contributed by atoms with Gasteiger partial charge in [-0.15, -0.1) is 26.8 Å². The second kappa shape index (κ2) is 9.03. The van der Waals surface area contributed by atoms with Crippen molar-refractivity contribution in [3.05, 3.63) is 46.3 Å². The van der Waals surface area contributed by atoms with Gasteiger partial charge in [0.05, 0.1) is 15.4 Å². The van der Waals surface area contributed by atoms with Crippen molar-refractivity contribution in [3.8, 4) is 10.8 Å². The Kier molecular flexibility index (Phi) is 6.70. The topological polar surface area (TPSA) is 101 Å². The van der Waals surface area contributed by atoms with Crippen LogP contribution in [-0.2, 0) is 9.47 Å². The number of nitrogens with zero attached hydrogens (tertiary/aromatic N) is 3. The van der Waals surface area contributed by atoms with E-state index in [2.05, 4.69) is 10.2 Å². The van der Waals surface area contributed by atoms with Gasteiger partial charge in [0.15, 0.2) is 6.29 Å². The molecule has 0 saturated heterocycles. The predicted octanol–water partition coefficient (Wildman–Crippen LogP) is 4.84. The summed E-state index contributed by atoms with van der Waals surface area (Å²) < 4.78 is 16.4. The third kappa shape index (κ3) is 4.54. The summed E-state index contributed by atoms with van der Waals surface area (Å²) in [5, 5.41) is 27.1. The Labute approximate surface area is 170 Å². The summed E-state index contributed by atoms with van der Waals surface area (Å²) in [7, 11) is 3.18. The zero-order chi connectivity index (χ0) is 20.3. The number of hydrogen-bond acceptors (Lipinski definition) is 10. The average Bonchev–Trinajstić information content (AvgIpc) is 3.29. The molecular formula is C18H21N3O5S2. The Hall–Kier alpha value is -1.95. The second-order valence-corrected chi connectivity index (χ2v) is 8.36. The van der Waals surface area contributed by atoms with E-state index in [-0.39, 0.29) is 16.2 Å². The number of aromatic nitrogens is 2. The fourth-order valence-corrected chi connectivity index (χ4v) is 4.58. The van der Waals surface area contributed by atoms with Crippen LogP contribution in [0.4, 0.5) is 5.69 Å². The monoisotopic (exact) mass is 423 g/mol. The van der Waals surface area contributed by atoms with Crippen LogP contribution in [0.5, 0.6) is 0 Å². The van der Waals surface area contributed by atoms with Crippen LogP contribution in [0.15, 0.2) is 40.0 Å². The van der Waals surface area contributed by atoms with E-state index >= 15 is 0 Å². The van der Waals surface area contributed by atoms with Crippen LogP contribution >= 0.6 is 23.1 Å². The average molecular weight is 424 g/mol. The molecule has 0 fully saturated rings. The van der Waals surface area contributed by atoms with E-state index in [1.807, 2.05) is 26.0 Å². The maximum absolute atomic E-state index is 9.18. The quantitative estimate of drug-likeness (QED) is 0.299. The van der Waals surface area contributed by atoms with Crippen molar-refractivity contribution in [1.29, 1.82) is 0 Å². The summed E-state index contributed by atoms with van der Waals surface area (Å²) in [6.07, 6.45) is -0.431. The highest BCUT2D eigenvalue weighted by Crippen LogP contribution is 2.39. The molecule has 0 aliphatic rings. The largest absolute Gasteiger partial charge is 0.410 e. The van der Waals surface area contributed by atoms with Crippen LogP contribution in [0, 0.1) is 6.92 Å². The first-order chi connectivity index (χ1) is 13.4. The Bertz CT molecular complexity index is 924. The number of ether oxygens (including phenoxy) is 2. The van der Waals surface area contributed by atoms with Crippen LogP contribution < -0.4 is 5.23 Å². The van der Waals surface area contributed by atoms with Crippen molar-refractivity contribution in [2.45, 2.75) is 30.6 Å². The van der Waals surface area contributed by atoms with E-state index in [9.17, 15) is 10.4 Å². The molecule has 3 aromatic rings. The number of anilines is 1. The van der Waals surface area contributed by atoms with Gasteiger partial charge >= 0.3 is 0 Å². The third-order valence-corrected chi connectivity index (χ3v) is 6.29. The summed E-state index contributed by atoms with van der Waals surface area (Å²) in [6.45, 7) is 3.95. The first-order valence-electron chi connectivity index (χ1n) is 8.37. The van der Waals surface area contributed by atoms with Crippen LogP contribution in [0.1, 0.15) is 34.5 Å². The smallest absolute Gasteiger partial charge is 0.277 e. The minimum atomic E-state index is -0.431. The van der Waals surface area contributed by atoms with Gasteiger partial charge in [-0.25, -0.2) is 0 Å². The number of aryl methyl sites for hydroxylation is 1. The van der Waals surface area contributed by atoms with Crippen LogP contribution in [0.3, 0.4) is 0 Å². The Balaban J connectivity index is 1.77. The molecule has 0 aliphatic heterocycles. The Morgan fingerprint density at radius 1 is 1.18 bits per heavy atom. The van der Waals surface area contributed by atoms with Gasteiger partial charge in [0.1, 0.15) is 0 Å². The normalized spacial score (nSPS) is 12.5. The number of hydrogen-bond donors (Lipinski definition) is 2. The molecule has 0 spiro atoms. The molecule has 1 atom stereocenters. The van der Waals surface area contributed by atoms with Crippen molar-refractivity contribution in [2.75, 3.05) is 19.4 Å². The molecule has 0 amide bonds. The predicted molar refractivity (Wildman–Crippen MR) is 106 cm³/mol. The van der Waals surface area contributed by atoms with Gasteiger partial charge in [0, 0.05) is 19.5 Å². The van der Waals surface area contributed by atoms with E-state index in [0.29, 0.717) is 11.1 Å². The molecule has 28 heavy (non-hydrogen) atoms. The molecule has 150 valence electrons. The summed E-state index contributed by atoms with van der Waals surface area (Å²) in [4.78, 5) is 1.80. The minimum absolute atomic E-state index is 0.0282. The molecule has 1 aromatic carbocycles. The fourth-order valence-electron chi connectivity index (χ4n) is 2.63. The van der Waals surface area contributed by atoms with Crippen LogP contribution in [0.2, 0.25) is 0 Å². The van der Waals surface area contributed by atoms with E-state index in [1.165, 1.54) is 23.1 Å². The molecule has 3 rings (SSSR count). The molecule has 8 nitrogen and oxygen atoms in total. The number of rotatable bonds is 8. The first kappa shape index (κ1) is 20.8. The fraction of sp³-hybridized carbons (Fsp3) is 0.333. The van der Waals surface area contributed by atoms with Gasteiger partial charge in [-0.3, -0.25) is 10.4 Å². The summed E-state index contributed by atoms with van der Waals surface area (Å²) in [5.41, 5.74) is 2.18. The van der Waals surface area contributed by atoms with Gasteiger partial charge in [0.2, 0.25) is 0 Å². The van der Waals surface area contributed by atoms with Crippen molar-refractivity contribution in [1.82, 2.24) is 10.2 Å². The Morgan fingerprint density at radius 3 is 2.61 bits per heavy atom. The summed E-state index contributed by atoms with van der Waals surface area (Å²) in [5.74, 6) is 0.444. The lowest BCUT2D eigenvalue weighted by Gasteiger charge is -2.12. The van der Waals surface area contributed by atoms with Crippen molar-refractivity contribution >= 4 is 28.8 Å². The molecule has 2 N–H and O–H groups in total. The van der Waals surface area contributed by atoms with E-state index in [1.54, 1.807) is 32.4 Å². The maximum Gasteiger partial charge on any atom is 0.277 e. The van der Waals surface area contributed by atoms with Crippen molar-refractivity contribution in [2.24, 2.45) is 0 Å². The highest BCUT2D eigenvalue weighted by atomic mass is 32.2. The number of benzene rings is 1. The molecule has 2 heterocycles. The van der Waals surface area contributed by atoms with Gasteiger partial charge < -0.3 is 13.9 Å². The van der Waals surface area contributed by atoms with Crippen molar-refractivity contribution in [3.63, 3.8) is 0 Å². The Morgan fingerprint density at radius 2 is 1.93 bits per heavy atom. The van der Waals surface area contributed by atoms with E-state index in [4.69, 9.17) is 13.9 Å². The zero-order valence-electron chi connectivity index (χ0n) is 15.8. The zero-order valence-corrected chi connectivity index (χ0v) is 17.5. The molecule has 2 aromatic heterocycles. The lowest BCUT2D eigenvalue weighted by atomic mass is 10.1. The van der Waals surface area contributed by atoms with Gasteiger partial charge in [0.25, 0.3) is 11.1 Å². The van der Waals surface area contributed by atoms with Crippen LogP contribution in [-0.4, -0.2) is 34.8 Å². The molecule has 10 heteroatoms. The maximum atomic E-state index is 9.18. The van der Waals surface area contributed by atoms with Gasteiger partial charge in [-0.1, -0.05) is 23.9 Å². The highest BCUT2D eigenvalue weighted by molar-refractivity contribution is 7.99. The molecule has 0 aliphatic carbocycles. The molecular weight excluding hydrogens is 402 g/mol. The van der Waals surface area contributed by atoms with E-state index in [0.717, 1.165) is 20.9 Å². The molecule has 0 bridgehead atoms. The molecule has 0 saturated carbocycles. The van der Waals surface area contributed by atoms with Crippen molar-refractivity contribution < 1.29 is 24.3 Å². The third-order valence-electron chi connectivity index (χ3n) is 4.05. The van der Waals surface area contributed by atoms with Gasteiger partial charge in [-0.2, -0.15) is 0 Å². The lowest BCUT2D eigenvalue weighted by Crippen LogP contribution is -2.11. The lowest BCUT2D eigenvalue weighted by molar-refractivity contribution is -0.103. The van der Waals surface area contributed by atoms with E-state index < -0.39 is 6.29 Å². The van der Waals surface area contributed by atoms with Crippen LogP contribution in [0.25, 0.3) is 10.8 Å². The number of thioether (sulfide) groups is 1. The standard InChI is InChI=1S/C18H21N3O5S2/c1-10-8-14(17(24-3)25-4)28-15(10)16-19-20-18(26-16)27-11(2)12-6-5-7-13(9-12)21(22)23/h5-9,11,17,22-23H,1-4H3. The highest BCUT2D eigenvalue weighted by Gasteiger charge is 2.20. The summed E-state index contributed by atoms with van der Waals surface area (Å²) in [6, 6.07) is 8.90. The summed E-state index contributed by atoms with van der Waals surface area (Å²) >= 11 is 2.88. The first-order valence-corrected chi connectivity index (χ1v) is 10.1. The number of methoxy groups -OCH3 is 2. The molecule has 1 unspecified atom stereocenters. The van der Waals surface area contributed by atoms with Gasteiger partial charge in [-0.05, 0) is 43.2 Å². The minimum Gasteiger partial charge on any atom is -0.410 e. The SMILES string of the molecule is COC(OC)c1cc(C)c(-c2nnc(SC(C)c3cccc(N(O)O)c3)o2)s1. The number of thiophene rings is 1. The molecule has 0 radical (unpaired) electrons. The second-order valence-electron chi connectivity index (χ2n) is 5.98.